The van der Waals surface area contributed by atoms with Gasteiger partial charge >= 0.3 is 0 Å². The fourth-order valence-electron chi connectivity index (χ4n) is 3.30. The van der Waals surface area contributed by atoms with Gasteiger partial charge in [0.2, 0.25) is 5.91 Å². The van der Waals surface area contributed by atoms with Crippen LogP contribution >= 0.6 is 0 Å². The van der Waals surface area contributed by atoms with Gasteiger partial charge in [-0.15, -0.1) is 0 Å². The molecule has 0 bridgehead atoms. The van der Waals surface area contributed by atoms with E-state index in [1.165, 1.54) is 0 Å². The second-order valence-corrected chi connectivity index (χ2v) is 6.31. The molecule has 0 aromatic heterocycles. The highest BCUT2D eigenvalue weighted by molar-refractivity contribution is 6.05. The van der Waals surface area contributed by atoms with Crippen molar-refractivity contribution in [3.8, 4) is 0 Å². The number of anilines is 2. The number of amides is 2. The van der Waals surface area contributed by atoms with Gasteiger partial charge in [0.1, 0.15) is 0 Å². The Labute approximate surface area is 148 Å². The van der Waals surface area contributed by atoms with Crippen LogP contribution in [0.25, 0.3) is 0 Å². The lowest BCUT2D eigenvalue weighted by molar-refractivity contribution is -0.117. The van der Waals surface area contributed by atoms with E-state index < -0.39 is 0 Å². The number of hydrogen-bond acceptors (Lipinski definition) is 2. The van der Waals surface area contributed by atoms with Gasteiger partial charge < -0.3 is 10.2 Å². The van der Waals surface area contributed by atoms with Crippen molar-refractivity contribution in [1.82, 2.24) is 0 Å². The van der Waals surface area contributed by atoms with E-state index in [-0.39, 0.29) is 11.8 Å². The summed E-state index contributed by atoms with van der Waals surface area (Å²) in [6.07, 6.45) is 3.25. The molecule has 2 aromatic carbocycles. The molecule has 1 aliphatic heterocycles. The van der Waals surface area contributed by atoms with Crippen LogP contribution in [0.1, 0.15) is 48.2 Å². The van der Waals surface area contributed by atoms with Gasteiger partial charge in [0, 0.05) is 29.9 Å². The van der Waals surface area contributed by atoms with Crippen molar-refractivity contribution in [3.05, 3.63) is 59.2 Å². The quantitative estimate of drug-likeness (QED) is 0.890. The van der Waals surface area contributed by atoms with E-state index >= 15 is 0 Å². The molecule has 0 atom stereocenters. The maximum atomic E-state index is 12.7. The molecule has 2 aromatic rings. The third-order valence-electron chi connectivity index (χ3n) is 4.75. The number of benzene rings is 2. The lowest BCUT2D eigenvalue weighted by Gasteiger charge is -2.17. The number of para-hydroxylation sites is 1. The largest absolute Gasteiger partial charge is 0.321 e. The number of hydrogen-bond donors (Lipinski definition) is 1. The van der Waals surface area contributed by atoms with E-state index in [2.05, 4.69) is 31.3 Å². The summed E-state index contributed by atoms with van der Waals surface area (Å²) in [6.45, 7) is 4.94. The SMILES string of the molecule is CCc1cccc(CC)c1NC(=O)c1ccc(N2CCCC2=O)cc1. The molecule has 3 rings (SSSR count). The number of nitrogens with zero attached hydrogens (tertiary/aromatic N) is 1. The Bertz CT molecular complexity index is 759. The number of rotatable bonds is 5. The summed E-state index contributed by atoms with van der Waals surface area (Å²) >= 11 is 0. The van der Waals surface area contributed by atoms with Crippen LogP contribution in [0.5, 0.6) is 0 Å². The van der Waals surface area contributed by atoms with E-state index in [0.717, 1.165) is 48.3 Å². The van der Waals surface area contributed by atoms with E-state index in [1.807, 2.05) is 18.2 Å². The predicted molar refractivity (Wildman–Crippen MR) is 101 cm³/mol. The molecular weight excluding hydrogens is 312 g/mol. The van der Waals surface area contributed by atoms with Gasteiger partial charge in [0.05, 0.1) is 0 Å². The second kappa shape index (κ2) is 7.51. The second-order valence-electron chi connectivity index (χ2n) is 6.31. The van der Waals surface area contributed by atoms with Gasteiger partial charge in [-0.1, -0.05) is 32.0 Å². The molecule has 0 unspecified atom stereocenters. The lowest BCUT2D eigenvalue weighted by atomic mass is 10.0. The maximum absolute atomic E-state index is 12.7. The molecule has 4 heteroatoms. The molecule has 1 N–H and O–H groups in total. The zero-order valence-electron chi connectivity index (χ0n) is 14.8. The van der Waals surface area contributed by atoms with E-state index in [4.69, 9.17) is 0 Å². The van der Waals surface area contributed by atoms with Crippen molar-refractivity contribution >= 4 is 23.2 Å². The summed E-state index contributed by atoms with van der Waals surface area (Å²) in [5, 5.41) is 3.08. The summed E-state index contributed by atoms with van der Waals surface area (Å²) in [5.41, 5.74) is 4.68. The van der Waals surface area contributed by atoms with Crippen molar-refractivity contribution < 1.29 is 9.59 Å². The average molecular weight is 336 g/mol. The Hall–Kier alpha value is -2.62. The Morgan fingerprint density at radius 1 is 1.04 bits per heavy atom. The van der Waals surface area contributed by atoms with Crippen LogP contribution in [0.3, 0.4) is 0 Å². The summed E-state index contributed by atoms with van der Waals surface area (Å²) in [6, 6.07) is 13.4. The Morgan fingerprint density at radius 2 is 1.68 bits per heavy atom. The summed E-state index contributed by atoms with van der Waals surface area (Å²) in [4.78, 5) is 26.3. The van der Waals surface area contributed by atoms with Crippen LogP contribution in [-0.4, -0.2) is 18.4 Å². The fraction of sp³-hybridized carbons (Fsp3) is 0.333. The third kappa shape index (κ3) is 3.58. The molecule has 0 radical (unpaired) electrons. The predicted octanol–water partition coefficient (Wildman–Crippen LogP) is 4.19. The third-order valence-corrected chi connectivity index (χ3v) is 4.75. The number of carbonyl (C=O) groups excluding carboxylic acids is 2. The van der Waals surface area contributed by atoms with Gasteiger partial charge in [-0.2, -0.15) is 0 Å². The highest BCUT2D eigenvalue weighted by Crippen LogP contribution is 2.25. The Balaban J connectivity index is 1.79. The molecular formula is C21H24N2O2. The van der Waals surface area contributed by atoms with Crippen LogP contribution in [0.15, 0.2) is 42.5 Å². The summed E-state index contributed by atoms with van der Waals surface area (Å²) < 4.78 is 0. The van der Waals surface area contributed by atoms with Crippen LogP contribution in [-0.2, 0) is 17.6 Å². The van der Waals surface area contributed by atoms with Crippen molar-refractivity contribution in [2.24, 2.45) is 0 Å². The van der Waals surface area contributed by atoms with Gasteiger partial charge in [-0.05, 0) is 54.7 Å². The minimum atomic E-state index is -0.116. The first-order valence-corrected chi connectivity index (χ1v) is 8.96. The van der Waals surface area contributed by atoms with Crippen LogP contribution < -0.4 is 10.2 Å². The molecule has 0 spiro atoms. The Morgan fingerprint density at radius 3 is 2.20 bits per heavy atom. The smallest absolute Gasteiger partial charge is 0.255 e. The minimum Gasteiger partial charge on any atom is -0.321 e. The molecule has 0 saturated carbocycles. The van der Waals surface area contributed by atoms with Gasteiger partial charge in [0.25, 0.3) is 5.91 Å². The standard InChI is InChI=1S/C21H24N2O2/c1-3-15-7-5-8-16(4-2)20(15)22-21(25)17-10-12-18(13-11-17)23-14-6-9-19(23)24/h5,7-8,10-13H,3-4,6,9,14H2,1-2H3,(H,22,25). The number of nitrogens with one attached hydrogen (secondary N) is 1. The molecule has 0 aliphatic carbocycles. The number of carbonyl (C=O) groups is 2. The average Bonchev–Trinajstić information content (AvgIpc) is 3.08. The molecule has 25 heavy (non-hydrogen) atoms. The van der Waals surface area contributed by atoms with E-state index in [1.54, 1.807) is 17.0 Å². The van der Waals surface area contributed by atoms with Gasteiger partial charge in [-0.25, -0.2) is 0 Å². The summed E-state index contributed by atoms with van der Waals surface area (Å²) in [5.74, 6) is 0.0385. The highest BCUT2D eigenvalue weighted by atomic mass is 16.2. The normalized spacial score (nSPS) is 14.0. The van der Waals surface area contributed by atoms with Crippen molar-refractivity contribution in [1.29, 1.82) is 0 Å². The fourth-order valence-corrected chi connectivity index (χ4v) is 3.30. The van der Waals surface area contributed by atoms with Crippen LogP contribution in [0.4, 0.5) is 11.4 Å². The minimum absolute atomic E-state index is 0.116. The zero-order valence-corrected chi connectivity index (χ0v) is 14.8. The van der Waals surface area contributed by atoms with Crippen molar-refractivity contribution in [3.63, 3.8) is 0 Å². The molecule has 2 amide bonds. The maximum Gasteiger partial charge on any atom is 0.255 e. The monoisotopic (exact) mass is 336 g/mol. The molecule has 130 valence electrons. The molecule has 1 fully saturated rings. The van der Waals surface area contributed by atoms with Gasteiger partial charge in [0.15, 0.2) is 0 Å². The highest BCUT2D eigenvalue weighted by Gasteiger charge is 2.21. The molecule has 1 heterocycles. The van der Waals surface area contributed by atoms with E-state index in [0.29, 0.717) is 12.0 Å². The Kier molecular flexibility index (Phi) is 5.17. The van der Waals surface area contributed by atoms with Crippen LogP contribution in [0.2, 0.25) is 0 Å². The first kappa shape index (κ1) is 17.2. The first-order chi connectivity index (χ1) is 12.1. The number of aryl methyl sites for hydroxylation is 2. The first-order valence-electron chi connectivity index (χ1n) is 8.96. The van der Waals surface area contributed by atoms with E-state index in [9.17, 15) is 9.59 Å². The topological polar surface area (TPSA) is 49.4 Å². The zero-order chi connectivity index (χ0) is 17.8. The molecule has 1 saturated heterocycles. The van der Waals surface area contributed by atoms with Crippen molar-refractivity contribution in [2.45, 2.75) is 39.5 Å². The molecule has 1 aliphatic rings. The van der Waals surface area contributed by atoms with Crippen molar-refractivity contribution in [2.75, 3.05) is 16.8 Å². The molecule has 4 nitrogen and oxygen atoms in total. The van der Waals surface area contributed by atoms with Crippen LogP contribution in [0, 0.1) is 0 Å². The summed E-state index contributed by atoms with van der Waals surface area (Å²) in [7, 11) is 0. The lowest BCUT2D eigenvalue weighted by Crippen LogP contribution is -2.23. The van der Waals surface area contributed by atoms with Gasteiger partial charge in [-0.3, -0.25) is 9.59 Å².